The summed E-state index contributed by atoms with van der Waals surface area (Å²) in [7, 11) is 0. The van der Waals surface area contributed by atoms with Crippen LogP contribution in [-0.4, -0.2) is 30.0 Å². The van der Waals surface area contributed by atoms with Crippen LogP contribution in [0.25, 0.3) is 0 Å². The van der Waals surface area contributed by atoms with Crippen LogP contribution in [0.3, 0.4) is 0 Å². The van der Waals surface area contributed by atoms with Crippen molar-refractivity contribution >= 4 is 23.6 Å². The third kappa shape index (κ3) is 6.31. The van der Waals surface area contributed by atoms with Crippen LogP contribution in [0.15, 0.2) is 59.9 Å². The van der Waals surface area contributed by atoms with Gasteiger partial charge in [-0.15, -0.1) is 0 Å². The number of hydrogen-bond acceptors (Lipinski definition) is 5. The Morgan fingerprint density at radius 2 is 2.08 bits per heavy atom. The van der Waals surface area contributed by atoms with Gasteiger partial charge in [0.2, 0.25) is 0 Å². The molecule has 0 aliphatic carbocycles. The van der Waals surface area contributed by atoms with Crippen LogP contribution in [0.1, 0.15) is 11.1 Å². The summed E-state index contributed by atoms with van der Waals surface area (Å²) in [5, 5.41) is 13.1. The minimum Gasteiger partial charge on any atom is -0.385 e. The van der Waals surface area contributed by atoms with Gasteiger partial charge in [-0.25, -0.2) is 18.8 Å². The van der Waals surface area contributed by atoms with Crippen LogP contribution in [0.4, 0.5) is 20.3 Å². The minimum atomic E-state index is -2.44. The van der Waals surface area contributed by atoms with E-state index in [1.807, 2.05) is 30.3 Å². The predicted molar refractivity (Wildman–Crippen MR) is 100 cm³/mol. The number of amidine groups is 1. The summed E-state index contributed by atoms with van der Waals surface area (Å²) in [5.74, 6) is 0.470. The Morgan fingerprint density at radius 1 is 1.31 bits per heavy atom. The molecular weight excluding hydrogens is 338 g/mol. The van der Waals surface area contributed by atoms with Crippen molar-refractivity contribution in [3.63, 3.8) is 0 Å². The number of nitrogens with one attached hydrogen (secondary N) is 3. The molecule has 0 saturated heterocycles. The summed E-state index contributed by atoms with van der Waals surface area (Å²) in [6.45, 7) is 0.130. The van der Waals surface area contributed by atoms with E-state index in [1.165, 1.54) is 24.7 Å². The third-order valence-corrected chi connectivity index (χ3v) is 3.29. The van der Waals surface area contributed by atoms with Gasteiger partial charge in [0, 0.05) is 42.5 Å². The van der Waals surface area contributed by atoms with Crippen LogP contribution >= 0.6 is 0 Å². The lowest BCUT2D eigenvalue weighted by molar-refractivity contribution is 0.150. The lowest BCUT2D eigenvalue weighted by Gasteiger charge is -2.10. The molecule has 0 unspecified atom stereocenters. The maximum absolute atomic E-state index is 12.0. The number of rotatable bonds is 9. The Morgan fingerprint density at radius 3 is 2.77 bits per heavy atom. The Balaban J connectivity index is 2.07. The number of hydrogen-bond donors (Lipinski definition) is 4. The molecule has 26 heavy (non-hydrogen) atoms. The maximum Gasteiger partial charge on any atom is 0.255 e. The first-order valence-corrected chi connectivity index (χ1v) is 7.89. The number of nitrogens with zero attached hydrogens (tertiary/aromatic N) is 2. The highest BCUT2D eigenvalue weighted by Crippen LogP contribution is 2.20. The fourth-order valence-electron chi connectivity index (χ4n) is 2.05. The SMILES string of the molecule is N=Cc1cnc(N=C(N)/C=C\NCC(F)F)cc1NCc1ccccc1. The van der Waals surface area contributed by atoms with Crippen molar-refractivity contribution in [2.24, 2.45) is 10.7 Å². The molecule has 0 radical (unpaired) electrons. The number of alkyl halides is 2. The van der Waals surface area contributed by atoms with Gasteiger partial charge >= 0.3 is 0 Å². The van der Waals surface area contributed by atoms with Gasteiger partial charge in [-0.2, -0.15) is 0 Å². The van der Waals surface area contributed by atoms with E-state index in [-0.39, 0.29) is 5.84 Å². The van der Waals surface area contributed by atoms with Gasteiger partial charge in [0.25, 0.3) is 6.43 Å². The average Bonchev–Trinajstić information content (AvgIpc) is 2.64. The fraction of sp³-hybridized carbons (Fsp3) is 0.167. The first kappa shape index (κ1) is 19.0. The lowest BCUT2D eigenvalue weighted by atomic mass is 10.2. The standard InChI is InChI=1S/C18H20F2N6/c19-16(20)12-23-7-6-17(22)26-18-8-15(14(9-21)11-25-18)24-10-13-4-2-1-3-5-13/h1-9,11,16,21,23H,10,12H2,(H3,22,24,25,26)/b7-6-,21-9?. The normalized spacial score (nSPS) is 11.7. The maximum atomic E-state index is 12.0. The molecule has 6 nitrogen and oxygen atoms in total. The zero-order valence-corrected chi connectivity index (χ0v) is 14.0. The van der Waals surface area contributed by atoms with Gasteiger partial charge in [-0.1, -0.05) is 30.3 Å². The second-order valence-electron chi connectivity index (χ2n) is 5.28. The van der Waals surface area contributed by atoms with Crippen molar-refractivity contribution in [3.8, 4) is 0 Å². The van der Waals surface area contributed by atoms with Crippen LogP contribution < -0.4 is 16.4 Å². The van der Waals surface area contributed by atoms with Crippen LogP contribution in [0.2, 0.25) is 0 Å². The summed E-state index contributed by atoms with van der Waals surface area (Å²) < 4.78 is 24.0. The van der Waals surface area contributed by atoms with E-state index in [9.17, 15) is 8.78 Å². The fourth-order valence-corrected chi connectivity index (χ4v) is 2.05. The summed E-state index contributed by atoms with van der Waals surface area (Å²) >= 11 is 0. The molecule has 0 aliphatic rings. The number of benzene rings is 1. The summed E-state index contributed by atoms with van der Waals surface area (Å²) in [6.07, 6.45) is 2.97. The monoisotopic (exact) mass is 358 g/mol. The Hall–Kier alpha value is -3.29. The molecule has 1 heterocycles. The molecule has 5 N–H and O–H groups in total. The molecule has 2 aromatic rings. The minimum absolute atomic E-state index is 0.121. The highest BCUT2D eigenvalue weighted by atomic mass is 19.3. The van der Waals surface area contributed by atoms with E-state index < -0.39 is 13.0 Å². The number of pyridine rings is 1. The number of anilines is 1. The molecule has 136 valence electrons. The molecular formula is C18H20F2N6. The Bertz CT molecular complexity index is 775. The largest absolute Gasteiger partial charge is 0.385 e. The first-order chi connectivity index (χ1) is 12.6. The smallest absolute Gasteiger partial charge is 0.255 e. The molecule has 0 fully saturated rings. The van der Waals surface area contributed by atoms with Crippen molar-refractivity contribution in [3.05, 3.63) is 66.0 Å². The Kier molecular flexibility index (Phi) is 7.23. The second-order valence-corrected chi connectivity index (χ2v) is 5.28. The second kappa shape index (κ2) is 9.87. The highest BCUT2D eigenvalue weighted by Gasteiger charge is 2.04. The van der Waals surface area contributed by atoms with Crippen LogP contribution in [0.5, 0.6) is 0 Å². The molecule has 0 aliphatic heterocycles. The van der Waals surface area contributed by atoms with E-state index in [0.29, 0.717) is 23.6 Å². The quantitative estimate of drug-likeness (QED) is 0.409. The molecule has 1 aromatic carbocycles. The van der Waals surface area contributed by atoms with Crippen molar-refractivity contribution < 1.29 is 8.78 Å². The van der Waals surface area contributed by atoms with Gasteiger partial charge in [-0.05, 0) is 11.6 Å². The van der Waals surface area contributed by atoms with E-state index >= 15 is 0 Å². The lowest BCUT2D eigenvalue weighted by Crippen LogP contribution is -2.16. The summed E-state index contributed by atoms with van der Waals surface area (Å²) in [4.78, 5) is 8.25. The molecule has 0 atom stereocenters. The van der Waals surface area contributed by atoms with Gasteiger partial charge in [0.15, 0.2) is 5.82 Å². The van der Waals surface area contributed by atoms with E-state index in [1.54, 1.807) is 6.07 Å². The highest BCUT2D eigenvalue weighted by molar-refractivity contribution is 5.93. The number of nitrogens with two attached hydrogens (primary N) is 1. The zero-order valence-electron chi connectivity index (χ0n) is 14.0. The van der Waals surface area contributed by atoms with Crippen molar-refractivity contribution in [2.45, 2.75) is 13.0 Å². The molecule has 0 bridgehead atoms. The summed E-state index contributed by atoms with van der Waals surface area (Å²) in [5.41, 5.74) is 8.15. The molecule has 0 amide bonds. The van der Waals surface area contributed by atoms with E-state index in [0.717, 1.165) is 5.56 Å². The topological polar surface area (TPSA) is 99.2 Å². The molecule has 8 heteroatoms. The van der Waals surface area contributed by atoms with Crippen molar-refractivity contribution in [1.29, 1.82) is 5.41 Å². The van der Waals surface area contributed by atoms with Crippen molar-refractivity contribution in [1.82, 2.24) is 10.3 Å². The van der Waals surface area contributed by atoms with Gasteiger partial charge in [0.05, 0.1) is 6.54 Å². The van der Waals surface area contributed by atoms with Gasteiger partial charge in [-0.3, -0.25) is 0 Å². The van der Waals surface area contributed by atoms with Crippen LogP contribution in [-0.2, 0) is 6.54 Å². The average molecular weight is 358 g/mol. The van der Waals surface area contributed by atoms with E-state index in [2.05, 4.69) is 20.6 Å². The summed E-state index contributed by atoms with van der Waals surface area (Å²) in [6, 6.07) is 11.5. The zero-order chi connectivity index (χ0) is 18.8. The number of aromatic nitrogens is 1. The first-order valence-electron chi connectivity index (χ1n) is 7.89. The van der Waals surface area contributed by atoms with Gasteiger partial charge in [0.1, 0.15) is 5.84 Å². The third-order valence-electron chi connectivity index (χ3n) is 3.29. The number of halogens is 2. The van der Waals surface area contributed by atoms with Crippen molar-refractivity contribution in [2.75, 3.05) is 11.9 Å². The van der Waals surface area contributed by atoms with E-state index in [4.69, 9.17) is 11.1 Å². The Labute approximate surface area is 150 Å². The molecule has 2 rings (SSSR count). The molecule has 0 saturated carbocycles. The van der Waals surface area contributed by atoms with Gasteiger partial charge < -0.3 is 21.8 Å². The molecule has 1 aromatic heterocycles. The number of aliphatic imine (C=N–C) groups is 1. The molecule has 0 spiro atoms. The van der Waals surface area contributed by atoms with Crippen LogP contribution in [0, 0.1) is 5.41 Å². The predicted octanol–water partition coefficient (Wildman–Crippen LogP) is 3.05.